The Hall–Kier alpha value is -7.94. The van der Waals surface area contributed by atoms with E-state index in [1.807, 2.05) is 0 Å². The van der Waals surface area contributed by atoms with Gasteiger partial charge in [-0.05, 0) is 127 Å². The van der Waals surface area contributed by atoms with Gasteiger partial charge < -0.3 is 9.80 Å². The minimum Gasteiger partial charge on any atom is -0.310 e. The maximum atomic E-state index is 2.54. The van der Waals surface area contributed by atoms with Gasteiger partial charge in [0.25, 0.3) is 0 Å². The van der Waals surface area contributed by atoms with Crippen LogP contribution in [-0.4, -0.2) is 0 Å². The molecule has 10 aromatic carbocycles. The van der Waals surface area contributed by atoms with Gasteiger partial charge in [-0.25, -0.2) is 0 Å². The first-order valence-electron chi connectivity index (χ1n) is 22.3. The molecule has 0 amide bonds. The van der Waals surface area contributed by atoms with Crippen LogP contribution in [0.4, 0.5) is 34.1 Å². The molecule has 10 aromatic rings. The average Bonchev–Trinajstić information content (AvgIpc) is 3.66. The summed E-state index contributed by atoms with van der Waals surface area (Å²) in [7, 11) is 0. The fraction of sp³-hybridized carbons (Fsp3) is 0.0645. The lowest BCUT2D eigenvalue weighted by atomic mass is 9.65. The summed E-state index contributed by atoms with van der Waals surface area (Å²) in [5.74, 6) is 0. The summed E-state index contributed by atoms with van der Waals surface area (Å²) in [5, 5.41) is 2.51. The van der Waals surface area contributed by atoms with E-state index in [9.17, 15) is 0 Å². The molecule has 1 aliphatic heterocycles. The molecule has 2 nitrogen and oxygen atoms in total. The molecule has 304 valence electrons. The molecule has 0 atom stereocenters. The summed E-state index contributed by atoms with van der Waals surface area (Å²) in [4.78, 5) is 4.87. The predicted octanol–water partition coefficient (Wildman–Crippen LogP) is 16.4. The number of para-hydroxylation sites is 2. The Kier molecular flexibility index (Phi) is 8.77. The summed E-state index contributed by atoms with van der Waals surface area (Å²) < 4.78 is 0. The molecule has 0 bridgehead atoms. The molecule has 0 N–H and O–H groups in total. The first kappa shape index (κ1) is 37.8. The third kappa shape index (κ3) is 5.72. The van der Waals surface area contributed by atoms with E-state index >= 15 is 0 Å². The van der Waals surface area contributed by atoms with Crippen LogP contribution >= 0.6 is 0 Å². The van der Waals surface area contributed by atoms with Gasteiger partial charge in [0.2, 0.25) is 0 Å². The molecule has 0 radical (unpaired) electrons. The normalized spacial score (nSPS) is 14.0. The molecule has 2 heteroatoms. The highest BCUT2D eigenvalue weighted by Crippen LogP contribution is 2.59. The zero-order chi connectivity index (χ0) is 42.8. The highest BCUT2D eigenvalue weighted by atomic mass is 15.2. The van der Waals surface area contributed by atoms with Crippen LogP contribution in [0.1, 0.15) is 47.2 Å². The Labute approximate surface area is 376 Å². The standard InChI is InChI=1S/C62H46N2/c1-61(2)57-41-46(62(45-21-6-3-7-22-45)55-31-16-14-28-53(55)54-29-15-17-32-56(54)62)35-39-59(57)64(48-25-10-5-11-26-48)60-40-38-50(42-58(60)61)63(47-23-8-4-9-24-47)49-36-33-44(34-37-49)52-30-18-20-43-19-12-13-27-51(43)52/h3-42H,1-2H3. The molecule has 64 heavy (non-hydrogen) atoms. The number of fused-ring (bicyclic) bond motifs is 6. The molecular formula is C62H46N2. The monoisotopic (exact) mass is 818 g/mol. The second-order valence-electron chi connectivity index (χ2n) is 17.7. The fourth-order valence-electron chi connectivity index (χ4n) is 11.0. The van der Waals surface area contributed by atoms with Crippen molar-refractivity contribution in [3.8, 4) is 22.3 Å². The number of rotatable bonds is 7. The average molecular weight is 819 g/mol. The van der Waals surface area contributed by atoms with Crippen LogP contribution in [0.25, 0.3) is 33.0 Å². The minimum absolute atomic E-state index is 0.377. The topological polar surface area (TPSA) is 6.48 Å². The molecule has 0 fully saturated rings. The number of benzene rings is 10. The second kappa shape index (κ2) is 14.9. The summed E-state index contributed by atoms with van der Waals surface area (Å²) >= 11 is 0. The lowest BCUT2D eigenvalue weighted by Crippen LogP contribution is -2.33. The molecule has 0 saturated carbocycles. The second-order valence-corrected chi connectivity index (χ2v) is 17.7. The Morgan fingerprint density at radius 1 is 0.359 bits per heavy atom. The predicted molar refractivity (Wildman–Crippen MR) is 268 cm³/mol. The van der Waals surface area contributed by atoms with Crippen molar-refractivity contribution in [3.05, 3.63) is 276 Å². The largest absolute Gasteiger partial charge is 0.310 e. The Morgan fingerprint density at radius 3 is 1.58 bits per heavy atom. The van der Waals surface area contributed by atoms with Crippen molar-refractivity contribution in [3.63, 3.8) is 0 Å². The first-order chi connectivity index (χ1) is 31.5. The highest BCUT2D eigenvalue weighted by molar-refractivity contribution is 5.97. The Morgan fingerprint density at radius 2 is 0.875 bits per heavy atom. The zero-order valence-electron chi connectivity index (χ0n) is 36.0. The maximum Gasteiger partial charge on any atom is 0.0713 e. The van der Waals surface area contributed by atoms with E-state index in [-0.39, 0.29) is 5.41 Å². The fourth-order valence-corrected chi connectivity index (χ4v) is 11.0. The van der Waals surface area contributed by atoms with Crippen LogP contribution in [0.5, 0.6) is 0 Å². The van der Waals surface area contributed by atoms with Gasteiger partial charge in [-0.1, -0.05) is 196 Å². The lowest BCUT2D eigenvalue weighted by Gasteiger charge is -2.44. The molecular weight excluding hydrogens is 773 g/mol. The summed E-state index contributed by atoms with van der Waals surface area (Å²) in [6, 6.07) is 89.5. The van der Waals surface area contributed by atoms with Gasteiger partial charge in [0, 0.05) is 28.2 Å². The third-order valence-corrected chi connectivity index (χ3v) is 13.9. The van der Waals surface area contributed by atoms with Crippen molar-refractivity contribution in [2.75, 3.05) is 9.80 Å². The van der Waals surface area contributed by atoms with Gasteiger partial charge in [-0.15, -0.1) is 0 Å². The van der Waals surface area contributed by atoms with E-state index in [1.54, 1.807) is 0 Å². The molecule has 1 aliphatic carbocycles. The van der Waals surface area contributed by atoms with Crippen LogP contribution in [-0.2, 0) is 10.8 Å². The van der Waals surface area contributed by atoms with Gasteiger partial charge in [0.1, 0.15) is 0 Å². The zero-order valence-corrected chi connectivity index (χ0v) is 36.0. The van der Waals surface area contributed by atoms with Gasteiger partial charge in [0.15, 0.2) is 0 Å². The molecule has 0 aromatic heterocycles. The SMILES string of the molecule is CC1(C)c2cc(N(c3ccccc3)c3ccc(-c4cccc5ccccc45)cc3)ccc2N(c2ccccc2)c2ccc(C3(c4ccccc4)c4ccccc4-c4ccccc43)cc21. The molecule has 0 unspecified atom stereocenters. The molecule has 12 rings (SSSR count). The van der Waals surface area contributed by atoms with E-state index in [4.69, 9.17) is 0 Å². The van der Waals surface area contributed by atoms with Gasteiger partial charge in [0.05, 0.1) is 16.8 Å². The quantitative estimate of drug-likeness (QED) is 0.158. The van der Waals surface area contributed by atoms with Crippen LogP contribution in [0.15, 0.2) is 243 Å². The van der Waals surface area contributed by atoms with E-state index in [1.165, 1.54) is 77.8 Å². The molecule has 0 spiro atoms. The molecule has 2 aliphatic rings. The molecule has 0 saturated heterocycles. The lowest BCUT2D eigenvalue weighted by molar-refractivity contribution is 0.627. The van der Waals surface area contributed by atoms with Crippen LogP contribution in [0.3, 0.4) is 0 Å². The summed E-state index contributed by atoms with van der Waals surface area (Å²) in [5.41, 5.74) is 18.8. The number of anilines is 6. The van der Waals surface area contributed by atoms with Crippen molar-refractivity contribution in [2.24, 2.45) is 0 Å². The number of nitrogens with zero attached hydrogens (tertiary/aromatic N) is 2. The van der Waals surface area contributed by atoms with E-state index in [0.29, 0.717) is 0 Å². The van der Waals surface area contributed by atoms with Crippen molar-refractivity contribution in [2.45, 2.75) is 24.7 Å². The summed E-state index contributed by atoms with van der Waals surface area (Å²) in [6.45, 7) is 4.83. The van der Waals surface area contributed by atoms with E-state index < -0.39 is 5.41 Å². The highest BCUT2D eigenvalue weighted by Gasteiger charge is 2.47. The van der Waals surface area contributed by atoms with Gasteiger partial charge in [-0.3, -0.25) is 0 Å². The first-order valence-corrected chi connectivity index (χ1v) is 22.3. The van der Waals surface area contributed by atoms with Crippen molar-refractivity contribution in [1.29, 1.82) is 0 Å². The van der Waals surface area contributed by atoms with Crippen molar-refractivity contribution in [1.82, 2.24) is 0 Å². The summed E-state index contributed by atoms with van der Waals surface area (Å²) in [6.07, 6.45) is 0. The smallest absolute Gasteiger partial charge is 0.0713 e. The maximum absolute atomic E-state index is 2.54. The Bertz CT molecular complexity index is 3300. The molecule has 1 heterocycles. The Balaban J connectivity index is 1.05. The number of hydrogen-bond acceptors (Lipinski definition) is 2. The van der Waals surface area contributed by atoms with E-state index in [2.05, 4.69) is 266 Å². The van der Waals surface area contributed by atoms with Gasteiger partial charge >= 0.3 is 0 Å². The van der Waals surface area contributed by atoms with Crippen LogP contribution in [0, 0.1) is 0 Å². The third-order valence-electron chi connectivity index (χ3n) is 13.9. The van der Waals surface area contributed by atoms with Gasteiger partial charge in [-0.2, -0.15) is 0 Å². The minimum atomic E-state index is -0.498. The number of hydrogen-bond donors (Lipinski definition) is 0. The van der Waals surface area contributed by atoms with Crippen molar-refractivity contribution < 1.29 is 0 Å². The van der Waals surface area contributed by atoms with Crippen LogP contribution < -0.4 is 9.80 Å². The van der Waals surface area contributed by atoms with Crippen molar-refractivity contribution >= 4 is 44.9 Å². The van der Waals surface area contributed by atoms with Crippen LogP contribution in [0.2, 0.25) is 0 Å². The van der Waals surface area contributed by atoms with E-state index in [0.717, 1.165) is 22.7 Å².